The Bertz CT molecular complexity index is 426. The number of benzene rings is 1. The smallest absolute Gasteiger partial charge is 0.223 e. The molecule has 0 aromatic heterocycles. The molecule has 3 nitrogen and oxygen atoms in total. The van der Waals surface area contributed by atoms with Crippen molar-refractivity contribution in [1.29, 1.82) is 0 Å². The second-order valence-corrected chi connectivity index (χ2v) is 4.99. The fraction of sp³-hybridized carbons (Fsp3) is 0.500. The van der Waals surface area contributed by atoms with E-state index < -0.39 is 0 Å². The Hall–Kier alpha value is -1.35. The highest BCUT2D eigenvalue weighted by Gasteiger charge is 2.22. The van der Waals surface area contributed by atoms with E-state index in [1.54, 1.807) is 0 Å². The quantitative estimate of drug-likeness (QED) is 0.818. The number of nitrogens with one attached hydrogen (secondary N) is 2. The van der Waals surface area contributed by atoms with Crippen LogP contribution in [0.1, 0.15) is 36.6 Å². The maximum atomic E-state index is 11.8. The molecule has 2 N–H and O–H groups in total. The first-order chi connectivity index (χ1) is 8.09. The second kappa shape index (κ2) is 4.88. The molecule has 0 aliphatic carbocycles. The molecule has 1 atom stereocenters. The van der Waals surface area contributed by atoms with E-state index in [1.807, 2.05) is 13.8 Å². The van der Waals surface area contributed by atoms with Crippen molar-refractivity contribution in [3.8, 4) is 0 Å². The van der Waals surface area contributed by atoms with E-state index in [9.17, 15) is 4.79 Å². The minimum atomic E-state index is 0.0326. The van der Waals surface area contributed by atoms with Gasteiger partial charge < -0.3 is 10.6 Å². The van der Waals surface area contributed by atoms with Gasteiger partial charge in [0.1, 0.15) is 0 Å². The number of aryl methyl sites for hydroxylation is 1. The maximum absolute atomic E-state index is 11.8. The third kappa shape index (κ3) is 2.50. The number of hydrogen-bond donors (Lipinski definition) is 2. The number of carbonyl (C=O) groups excluding carboxylic acids is 1. The van der Waals surface area contributed by atoms with Gasteiger partial charge in [0.2, 0.25) is 5.91 Å². The Morgan fingerprint density at radius 2 is 2.24 bits per heavy atom. The van der Waals surface area contributed by atoms with Crippen LogP contribution in [0, 0.1) is 12.8 Å². The highest BCUT2D eigenvalue weighted by atomic mass is 16.1. The van der Waals surface area contributed by atoms with Crippen molar-refractivity contribution in [2.75, 3.05) is 6.54 Å². The molecular weight excluding hydrogens is 212 g/mol. The Morgan fingerprint density at radius 3 is 2.94 bits per heavy atom. The molecule has 92 valence electrons. The molecule has 17 heavy (non-hydrogen) atoms. The van der Waals surface area contributed by atoms with Crippen molar-refractivity contribution in [3.05, 3.63) is 34.9 Å². The lowest BCUT2D eigenvalue weighted by Gasteiger charge is -2.29. The van der Waals surface area contributed by atoms with E-state index in [0.717, 1.165) is 13.1 Å². The zero-order valence-corrected chi connectivity index (χ0v) is 10.7. The summed E-state index contributed by atoms with van der Waals surface area (Å²) in [7, 11) is 0. The largest absolute Gasteiger partial charge is 0.348 e. The minimum Gasteiger partial charge on any atom is -0.348 e. The molecule has 1 aliphatic rings. The summed E-state index contributed by atoms with van der Waals surface area (Å²) in [6.07, 6.45) is 0. The van der Waals surface area contributed by atoms with Crippen LogP contribution in [0.15, 0.2) is 18.2 Å². The molecule has 0 saturated heterocycles. The predicted octanol–water partition coefficient (Wildman–Crippen LogP) is 1.91. The minimum absolute atomic E-state index is 0.0326. The molecule has 0 fully saturated rings. The monoisotopic (exact) mass is 232 g/mol. The van der Waals surface area contributed by atoms with Gasteiger partial charge in [-0.3, -0.25) is 4.79 Å². The van der Waals surface area contributed by atoms with E-state index in [0.29, 0.717) is 0 Å². The normalized spacial score (nSPS) is 18.9. The first kappa shape index (κ1) is 12.1. The Morgan fingerprint density at radius 1 is 1.47 bits per heavy atom. The van der Waals surface area contributed by atoms with E-state index in [2.05, 4.69) is 35.8 Å². The van der Waals surface area contributed by atoms with Crippen molar-refractivity contribution in [1.82, 2.24) is 10.6 Å². The lowest BCUT2D eigenvalue weighted by molar-refractivity contribution is -0.124. The zero-order valence-electron chi connectivity index (χ0n) is 10.7. The van der Waals surface area contributed by atoms with Crippen LogP contribution in [-0.2, 0) is 11.3 Å². The number of amides is 1. The van der Waals surface area contributed by atoms with Crippen LogP contribution in [-0.4, -0.2) is 12.5 Å². The van der Waals surface area contributed by atoms with E-state index >= 15 is 0 Å². The van der Waals surface area contributed by atoms with Gasteiger partial charge in [-0.05, 0) is 23.6 Å². The molecule has 0 bridgehead atoms. The summed E-state index contributed by atoms with van der Waals surface area (Å²) in [6.45, 7) is 7.67. The fourth-order valence-corrected chi connectivity index (χ4v) is 2.21. The van der Waals surface area contributed by atoms with Crippen molar-refractivity contribution < 1.29 is 4.79 Å². The molecule has 0 radical (unpaired) electrons. The molecule has 1 aromatic rings. The zero-order chi connectivity index (χ0) is 12.4. The van der Waals surface area contributed by atoms with E-state index in [-0.39, 0.29) is 17.9 Å². The van der Waals surface area contributed by atoms with Crippen molar-refractivity contribution in [2.24, 2.45) is 5.92 Å². The molecule has 1 aromatic carbocycles. The summed E-state index contributed by atoms with van der Waals surface area (Å²) in [5, 5.41) is 6.46. The van der Waals surface area contributed by atoms with Gasteiger partial charge in [0.15, 0.2) is 0 Å². The van der Waals surface area contributed by atoms with Crippen LogP contribution in [0.25, 0.3) is 0 Å². The SMILES string of the molecule is Cc1cccc2c1CNCC2NC(=O)C(C)C. The molecule has 0 saturated carbocycles. The maximum Gasteiger partial charge on any atom is 0.223 e. The van der Waals surface area contributed by atoms with E-state index in [4.69, 9.17) is 0 Å². The first-order valence-corrected chi connectivity index (χ1v) is 6.19. The molecule has 1 aliphatic heterocycles. The van der Waals surface area contributed by atoms with Gasteiger partial charge in [-0.15, -0.1) is 0 Å². The number of fused-ring (bicyclic) bond motifs is 1. The van der Waals surface area contributed by atoms with Gasteiger partial charge in [-0.2, -0.15) is 0 Å². The van der Waals surface area contributed by atoms with Gasteiger partial charge in [0.25, 0.3) is 0 Å². The summed E-state index contributed by atoms with van der Waals surface area (Å²) in [5.74, 6) is 0.149. The van der Waals surface area contributed by atoms with Crippen molar-refractivity contribution in [3.63, 3.8) is 0 Å². The molecular formula is C14H20N2O. The summed E-state index contributed by atoms with van der Waals surface area (Å²) < 4.78 is 0. The standard InChI is InChI=1S/C14H20N2O/c1-9(2)14(17)16-13-8-15-7-12-10(3)5-4-6-11(12)13/h4-6,9,13,15H,7-8H2,1-3H3,(H,16,17). The summed E-state index contributed by atoms with van der Waals surface area (Å²) in [6, 6.07) is 6.41. The molecule has 1 heterocycles. The summed E-state index contributed by atoms with van der Waals surface area (Å²) in [5.41, 5.74) is 3.88. The number of carbonyl (C=O) groups is 1. The van der Waals surface area contributed by atoms with Gasteiger partial charge in [0.05, 0.1) is 6.04 Å². The highest BCUT2D eigenvalue weighted by molar-refractivity contribution is 5.78. The number of hydrogen-bond acceptors (Lipinski definition) is 2. The van der Waals surface area contributed by atoms with Crippen LogP contribution in [0.4, 0.5) is 0 Å². The third-order valence-corrected chi connectivity index (χ3v) is 3.31. The Kier molecular flexibility index (Phi) is 3.48. The molecule has 2 rings (SSSR count). The van der Waals surface area contributed by atoms with Gasteiger partial charge in [-0.25, -0.2) is 0 Å². The van der Waals surface area contributed by atoms with Crippen molar-refractivity contribution >= 4 is 5.91 Å². The van der Waals surface area contributed by atoms with Gasteiger partial charge in [0, 0.05) is 19.0 Å². The topological polar surface area (TPSA) is 41.1 Å². The third-order valence-electron chi connectivity index (χ3n) is 3.31. The Labute approximate surface area is 103 Å². The lowest BCUT2D eigenvalue weighted by atomic mass is 9.93. The molecule has 3 heteroatoms. The molecule has 0 spiro atoms. The van der Waals surface area contributed by atoms with Gasteiger partial charge >= 0.3 is 0 Å². The summed E-state index contributed by atoms with van der Waals surface area (Å²) >= 11 is 0. The predicted molar refractivity (Wildman–Crippen MR) is 68.6 cm³/mol. The first-order valence-electron chi connectivity index (χ1n) is 6.19. The van der Waals surface area contributed by atoms with E-state index in [1.165, 1.54) is 16.7 Å². The lowest BCUT2D eigenvalue weighted by Crippen LogP contribution is -2.41. The molecule has 1 unspecified atom stereocenters. The number of rotatable bonds is 2. The van der Waals surface area contributed by atoms with Crippen LogP contribution in [0.2, 0.25) is 0 Å². The van der Waals surface area contributed by atoms with Crippen LogP contribution in [0.3, 0.4) is 0 Å². The molecule has 1 amide bonds. The average molecular weight is 232 g/mol. The summed E-state index contributed by atoms with van der Waals surface area (Å²) in [4.78, 5) is 11.8. The van der Waals surface area contributed by atoms with Gasteiger partial charge in [-0.1, -0.05) is 32.0 Å². The fourth-order valence-electron chi connectivity index (χ4n) is 2.21. The van der Waals surface area contributed by atoms with Crippen molar-refractivity contribution in [2.45, 2.75) is 33.4 Å². The van der Waals surface area contributed by atoms with Crippen LogP contribution < -0.4 is 10.6 Å². The average Bonchev–Trinajstić information content (AvgIpc) is 2.30. The Balaban J connectivity index is 2.23. The second-order valence-electron chi connectivity index (χ2n) is 4.99. The van der Waals surface area contributed by atoms with Crippen LogP contribution in [0.5, 0.6) is 0 Å². The highest BCUT2D eigenvalue weighted by Crippen LogP contribution is 2.24. The van der Waals surface area contributed by atoms with Crippen LogP contribution >= 0.6 is 0 Å².